The van der Waals surface area contributed by atoms with E-state index in [9.17, 15) is 4.79 Å². The van der Waals surface area contributed by atoms with E-state index in [-0.39, 0.29) is 11.4 Å². The summed E-state index contributed by atoms with van der Waals surface area (Å²) in [6.07, 6.45) is 4.23. The summed E-state index contributed by atoms with van der Waals surface area (Å²) in [5, 5.41) is 6.52. The molecule has 0 aromatic heterocycles. The molecule has 0 radical (unpaired) electrons. The van der Waals surface area contributed by atoms with Crippen LogP contribution in [0.4, 0.5) is 0 Å². The summed E-state index contributed by atoms with van der Waals surface area (Å²) >= 11 is 0. The molecule has 2 saturated heterocycles. The van der Waals surface area contributed by atoms with Crippen molar-refractivity contribution in [3.8, 4) is 0 Å². The van der Waals surface area contributed by atoms with Gasteiger partial charge in [-0.15, -0.1) is 0 Å². The van der Waals surface area contributed by atoms with Gasteiger partial charge >= 0.3 is 0 Å². The lowest BCUT2D eigenvalue weighted by Crippen LogP contribution is -2.50. The molecule has 2 heterocycles. The lowest BCUT2D eigenvalue weighted by molar-refractivity contribution is -0.120. The van der Waals surface area contributed by atoms with Crippen molar-refractivity contribution in [2.75, 3.05) is 13.1 Å². The van der Waals surface area contributed by atoms with Crippen molar-refractivity contribution in [3.05, 3.63) is 0 Å². The molecule has 2 rings (SSSR count). The molecule has 3 heteroatoms. The largest absolute Gasteiger partial charge is 0.351 e. The zero-order chi connectivity index (χ0) is 9.31. The van der Waals surface area contributed by atoms with Gasteiger partial charge < -0.3 is 10.6 Å². The number of rotatable bonds is 1. The van der Waals surface area contributed by atoms with Gasteiger partial charge in [0.15, 0.2) is 0 Å². The quantitative estimate of drug-likeness (QED) is 0.625. The zero-order valence-corrected chi connectivity index (χ0v) is 8.23. The molecule has 0 bridgehead atoms. The highest BCUT2D eigenvalue weighted by Crippen LogP contribution is 2.31. The van der Waals surface area contributed by atoms with Crippen LogP contribution in [0.3, 0.4) is 0 Å². The predicted octanol–water partition coefficient (Wildman–Crippen LogP) is 0.655. The van der Waals surface area contributed by atoms with Gasteiger partial charge in [0.2, 0.25) is 5.91 Å². The maximum absolute atomic E-state index is 11.2. The summed E-state index contributed by atoms with van der Waals surface area (Å²) in [4.78, 5) is 11.2. The Morgan fingerprint density at radius 1 is 1.54 bits per heavy atom. The standard InChI is InChI=1S/C10H18N2O/c1-10(5-4-9(13)12-10)8-3-2-6-11-7-8/h8,11H,2-7H2,1H3,(H,12,13). The molecule has 2 unspecified atom stereocenters. The van der Waals surface area contributed by atoms with Gasteiger partial charge in [0.05, 0.1) is 0 Å². The van der Waals surface area contributed by atoms with Crippen LogP contribution in [0, 0.1) is 5.92 Å². The Labute approximate surface area is 79.3 Å². The number of amides is 1. The van der Waals surface area contributed by atoms with E-state index < -0.39 is 0 Å². The van der Waals surface area contributed by atoms with E-state index >= 15 is 0 Å². The van der Waals surface area contributed by atoms with Crippen LogP contribution in [0.1, 0.15) is 32.6 Å². The average molecular weight is 182 g/mol. The van der Waals surface area contributed by atoms with Gasteiger partial charge in [0, 0.05) is 18.5 Å². The number of nitrogens with one attached hydrogen (secondary N) is 2. The molecule has 0 saturated carbocycles. The van der Waals surface area contributed by atoms with E-state index in [2.05, 4.69) is 17.6 Å². The highest BCUT2D eigenvalue weighted by Gasteiger charge is 2.40. The van der Waals surface area contributed by atoms with E-state index in [1.165, 1.54) is 12.8 Å². The predicted molar refractivity (Wildman–Crippen MR) is 51.4 cm³/mol. The van der Waals surface area contributed by atoms with Crippen molar-refractivity contribution in [3.63, 3.8) is 0 Å². The fourth-order valence-electron chi connectivity index (χ4n) is 2.52. The third-order valence-corrected chi connectivity index (χ3v) is 3.49. The van der Waals surface area contributed by atoms with Crippen LogP contribution in [0.25, 0.3) is 0 Å². The first-order valence-corrected chi connectivity index (χ1v) is 5.22. The molecule has 2 aliphatic rings. The van der Waals surface area contributed by atoms with Gasteiger partial charge in [-0.3, -0.25) is 4.79 Å². The first kappa shape index (κ1) is 9.00. The van der Waals surface area contributed by atoms with Crippen molar-refractivity contribution < 1.29 is 4.79 Å². The minimum atomic E-state index is 0.0739. The Morgan fingerprint density at radius 2 is 2.38 bits per heavy atom. The fourth-order valence-corrected chi connectivity index (χ4v) is 2.52. The molecule has 1 amide bonds. The maximum atomic E-state index is 11.2. The van der Waals surface area contributed by atoms with Crippen LogP contribution in [-0.4, -0.2) is 24.5 Å². The maximum Gasteiger partial charge on any atom is 0.220 e. The van der Waals surface area contributed by atoms with E-state index in [0.29, 0.717) is 12.3 Å². The molecule has 13 heavy (non-hydrogen) atoms. The molecule has 2 aliphatic heterocycles. The molecule has 0 aliphatic carbocycles. The van der Waals surface area contributed by atoms with E-state index in [1.54, 1.807) is 0 Å². The van der Waals surface area contributed by atoms with Crippen LogP contribution in [0.15, 0.2) is 0 Å². The summed E-state index contributed by atoms with van der Waals surface area (Å²) in [6, 6.07) is 0. The van der Waals surface area contributed by atoms with Gasteiger partial charge in [-0.2, -0.15) is 0 Å². The Hall–Kier alpha value is -0.570. The summed E-state index contributed by atoms with van der Waals surface area (Å²) < 4.78 is 0. The van der Waals surface area contributed by atoms with Crippen LogP contribution < -0.4 is 10.6 Å². The first-order valence-electron chi connectivity index (χ1n) is 5.22. The second-order valence-electron chi connectivity index (χ2n) is 4.51. The first-order chi connectivity index (χ1) is 6.21. The number of carbonyl (C=O) groups is 1. The molecule has 2 N–H and O–H groups in total. The van der Waals surface area contributed by atoms with Crippen molar-refractivity contribution in [1.82, 2.24) is 10.6 Å². The minimum absolute atomic E-state index is 0.0739. The third kappa shape index (κ3) is 1.70. The smallest absolute Gasteiger partial charge is 0.220 e. The van der Waals surface area contributed by atoms with Crippen LogP contribution >= 0.6 is 0 Å². The van der Waals surface area contributed by atoms with Crippen LogP contribution in [0.2, 0.25) is 0 Å². The van der Waals surface area contributed by atoms with Gasteiger partial charge in [0.1, 0.15) is 0 Å². The monoisotopic (exact) mass is 182 g/mol. The Balaban J connectivity index is 2.01. The van der Waals surface area contributed by atoms with Gasteiger partial charge in [-0.25, -0.2) is 0 Å². The summed E-state index contributed by atoms with van der Waals surface area (Å²) in [6.45, 7) is 4.40. The third-order valence-electron chi connectivity index (χ3n) is 3.49. The topological polar surface area (TPSA) is 41.1 Å². The molecular weight excluding hydrogens is 164 g/mol. The minimum Gasteiger partial charge on any atom is -0.351 e. The number of piperidine rings is 1. The number of hydrogen-bond acceptors (Lipinski definition) is 2. The summed E-state index contributed by atoms with van der Waals surface area (Å²) in [5.74, 6) is 0.862. The molecule has 2 atom stereocenters. The summed E-state index contributed by atoms with van der Waals surface area (Å²) in [5.41, 5.74) is 0.0739. The molecule has 0 aromatic carbocycles. The van der Waals surface area contributed by atoms with Crippen molar-refractivity contribution >= 4 is 5.91 Å². The van der Waals surface area contributed by atoms with Crippen molar-refractivity contribution in [1.29, 1.82) is 0 Å². The van der Waals surface area contributed by atoms with E-state index in [1.807, 2.05) is 0 Å². The van der Waals surface area contributed by atoms with Crippen molar-refractivity contribution in [2.45, 2.75) is 38.1 Å². The molecular formula is C10H18N2O. The fraction of sp³-hybridized carbons (Fsp3) is 0.900. The Morgan fingerprint density at radius 3 is 2.92 bits per heavy atom. The second kappa shape index (κ2) is 3.29. The van der Waals surface area contributed by atoms with E-state index in [4.69, 9.17) is 0 Å². The molecule has 74 valence electrons. The van der Waals surface area contributed by atoms with E-state index in [0.717, 1.165) is 19.5 Å². The Bertz CT molecular complexity index is 211. The molecule has 3 nitrogen and oxygen atoms in total. The number of carbonyl (C=O) groups excluding carboxylic acids is 1. The van der Waals surface area contributed by atoms with Gasteiger partial charge in [-0.1, -0.05) is 0 Å². The summed E-state index contributed by atoms with van der Waals surface area (Å²) in [7, 11) is 0. The van der Waals surface area contributed by atoms with Crippen LogP contribution in [0.5, 0.6) is 0 Å². The molecule has 0 spiro atoms. The van der Waals surface area contributed by atoms with Gasteiger partial charge in [0.25, 0.3) is 0 Å². The molecule has 2 fully saturated rings. The zero-order valence-electron chi connectivity index (χ0n) is 8.23. The Kier molecular flexibility index (Phi) is 2.28. The second-order valence-corrected chi connectivity index (χ2v) is 4.51. The number of hydrogen-bond donors (Lipinski definition) is 2. The lowest BCUT2D eigenvalue weighted by Gasteiger charge is -2.37. The SMILES string of the molecule is CC1(C2CCCNC2)CCC(=O)N1. The highest BCUT2D eigenvalue weighted by atomic mass is 16.2. The molecule has 0 aromatic rings. The highest BCUT2D eigenvalue weighted by molar-refractivity contribution is 5.79. The normalized spacial score (nSPS) is 40.4. The van der Waals surface area contributed by atoms with Gasteiger partial charge in [-0.05, 0) is 38.6 Å². The van der Waals surface area contributed by atoms with Crippen molar-refractivity contribution in [2.24, 2.45) is 5.92 Å². The average Bonchev–Trinajstić information content (AvgIpc) is 2.49. The lowest BCUT2D eigenvalue weighted by atomic mass is 9.80. The van der Waals surface area contributed by atoms with Crippen LogP contribution in [-0.2, 0) is 4.79 Å².